The van der Waals surface area contributed by atoms with E-state index < -0.39 is 17.5 Å². The van der Waals surface area contributed by atoms with Gasteiger partial charge in [-0.25, -0.2) is 34.5 Å². The fourth-order valence-corrected chi connectivity index (χ4v) is 15.8. The number of carbonyl (C=O) groups excluding carboxylic acids is 2. The smallest absolute Gasteiger partial charge is 0.358 e. The fourth-order valence-electron chi connectivity index (χ4n) is 15.2. The molecule has 8 aromatic heterocycles. The number of benzene rings is 4. The Balaban J connectivity index is 0.000000167. The number of anilines is 5. The highest BCUT2D eigenvalue weighted by Crippen LogP contribution is 2.33. The number of aromatic nitrogens is 16. The van der Waals surface area contributed by atoms with Crippen molar-refractivity contribution in [2.24, 2.45) is 11.8 Å². The van der Waals surface area contributed by atoms with Crippen LogP contribution in [0.1, 0.15) is 195 Å². The number of halogens is 4. The number of ether oxygens (including phenoxy) is 2. The van der Waals surface area contributed by atoms with Crippen LogP contribution < -0.4 is 29.8 Å². The topological polar surface area (TPSA) is 307 Å². The van der Waals surface area contributed by atoms with Crippen LogP contribution in [0.2, 0.25) is 20.6 Å². The van der Waals surface area contributed by atoms with Crippen LogP contribution in [0.3, 0.4) is 0 Å². The van der Waals surface area contributed by atoms with Crippen LogP contribution in [0.4, 0.5) is 29.1 Å². The number of piperazine rings is 2. The van der Waals surface area contributed by atoms with Gasteiger partial charge < -0.3 is 44.4 Å². The van der Waals surface area contributed by atoms with E-state index in [1.807, 2.05) is 76.2 Å². The molecule has 0 unspecified atom stereocenters. The summed E-state index contributed by atoms with van der Waals surface area (Å²) in [4.78, 5) is 58.7. The van der Waals surface area contributed by atoms with Crippen molar-refractivity contribution in [3.05, 3.63) is 297 Å². The number of aliphatic hydroxyl groups is 1. The van der Waals surface area contributed by atoms with Crippen molar-refractivity contribution in [3.8, 4) is 0 Å². The van der Waals surface area contributed by atoms with Crippen molar-refractivity contribution in [2.75, 3.05) is 104 Å². The van der Waals surface area contributed by atoms with Gasteiger partial charge in [-0.05, 0) is 225 Å². The molecular formula is C99H122Cl4N22O5. The van der Waals surface area contributed by atoms with Crippen LogP contribution in [0.25, 0.3) is 0 Å². The number of nitrogens with zero attached hydrogens (tertiary/aromatic N) is 21. The van der Waals surface area contributed by atoms with E-state index in [0.29, 0.717) is 21.2 Å². The van der Waals surface area contributed by atoms with Gasteiger partial charge in [0.15, 0.2) is 44.3 Å². The van der Waals surface area contributed by atoms with Gasteiger partial charge in [-0.15, -0.1) is 30.6 Å². The molecule has 4 aliphatic rings. The van der Waals surface area contributed by atoms with E-state index in [1.54, 1.807) is 32.4 Å². The monoisotopic (exact) mass is 1840 g/mol. The summed E-state index contributed by atoms with van der Waals surface area (Å²) in [6, 6.07) is 42.0. The second-order valence-corrected chi connectivity index (χ2v) is 35.4. The van der Waals surface area contributed by atoms with Gasteiger partial charge in [0.25, 0.3) is 0 Å². The van der Waals surface area contributed by atoms with Gasteiger partial charge in [-0.2, -0.15) is 20.4 Å². The quantitative estimate of drug-likeness (QED) is 0.0849. The Kier molecular flexibility index (Phi) is 37.9. The maximum Gasteiger partial charge on any atom is 0.358 e. The Bertz CT molecular complexity index is 5590. The first-order valence-corrected chi connectivity index (χ1v) is 45.6. The zero-order chi connectivity index (χ0) is 93.7. The summed E-state index contributed by atoms with van der Waals surface area (Å²) in [7, 11) is 2.61. The number of hydrogen-bond donors (Lipinski definition) is 2. The second-order valence-electron chi connectivity index (χ2n) is 33.9. The lowest BCUT2D eigenvalue weighted by Crippen LogP contribution is -2.53. The molecule has 12 heterocycles. The van der Waals surface area contributed by atoms with E-state index in [4.69, 9.17) is 51.1 Å². The van der Waals surface area contributed by atoms with Gasteiger partial charge in [-0.3, -0.25) is 4.98 Å². The Hall–Kier alpha value is -11.5. The molecular weight excluding hydrogens is 1720 g/mol. The zero-order valence-electron chi connectivity index (χ0n) is 78.0. The molecule has 16 rings (SSSR count). The molecule has 0 spiro atoms. The molecule has 0 bridgehead atoms. The average Bonchev–Trinajstić information content (AvgIpc) is 0.825. The number of piperidine rings is 2. The maximum atomic E-state index is 11.6. The molecule has 2 N–H and O–H groups in total. The largest absolute Gasteiger partial charge is 0.464 e. The number of esters is 2. The lowest BCUT2D eigenvalue weighted by Gasteiger charge is -2.41. The molecule has 0 radical (unpaired) electrons. The molecule has 0 saturated carbocycles. The van der Waals surface area contributed by atoms with Crippen molar-refractivity contribution in [1.29, 1.82) is 0 Å². The fraction of sp³-hybridized carbons (Fsp3) is 0.414. The molecule has 4 fully saturated rings. The third-order valence-corrected chi connectivity index (χ3v) is 25.1. The minimum atomic E-state index is -0.990. The van der Waals surface area contributed by atoms with E-state index in [1.165, 1.54) is 127 Å². The number of nitrogens with one attached hydrogen (secondary N) is 1. The SMILES string of the molecule is COC(=O)c1cnc(Cl)cn1.COC(=O)c1cnc(N2CCN(c3nnc(Cc4ccccc4)c(C)c3C)C[C@H]2C)cn1.C[C@H]1CCCNC1.Cc1c(Cc2ccccc2)nnc(N2CCC[C@H](C)C2)c1C.Cc1c(Cc2ccccc2)nnc(N2CCN(c3cnc(C(C)(C)O)cn3)[C@H](C)C2)c1C.Cc1c(Cl)nnc(Cc2ccccc2)c1C.Cc1c(Cl)nnc(Cl)c1C. The van der Waals surface area contributed by atoms with E-state index in [-0.39, 0.29) is 28.6 Å². The van der Waals surface area contributed by atoms with Gasteiger partial charge >= 0.3 is 11.9 Å². The molecule has 4 aliphatic heterocycles. The predicted octanol–water partition coefficient (Wildman–Crippen LogP) is 18.0. The molecule has 31 heteroatoms. The van der Waals surface area contributed by atoms with Gasteiger partial charge in [0.1, 0.15) is 22.4 Å². The first-order chi connectivity index (χ1) is 62.3. The Labute approximate surface area is 785 Å². The van der Waals surface area contributed by atoms with Gasteiger partial charge in [0.2, 0.25) is 0 Å². The highest BCUT2D eigenvalue weighted by Gasteiger charge is 2.31. The average molecular weight is 1840 g/mol. The van der Waals surface area contributed by atoms with Crippen LogP contribution in [0.5, 0.6) is 0 Å². The van der Waals surface area contributed by atoms with E-state index in [2.05, 4.69) is 257 Å². The first kappa shape index (κ1) is 101. The summed E-state index contributed by atoms with van der Waals surface area (Å²) in [5.74, 6) is 5.25. The summed E-state index contributed by atoms with van der Waals surface area (Å²) >= 11 is 22.7. The van der Waals surface area contributed by atoms with Crippen molar-refractivity contribution < 1.29 is 24.2 Å². The minimum absolute atomic E-state index is 0.150. The van der Waals surface area contributed by atoms with Crippen LogP contribution in [-0.4, -0.2) is 190 Å². The zero-order valence-corrected chi connectivity index (χ0v) is 81.1. The molecule has 686 valence electrons. The van der Waals surface area contributed by atoms with Crippen LogP contribution in [0.15, 0.2) is 159 Å². The van der Waals surface area contributed by atoms with E-state index >= 15 is 0 Å². The highest BCUT2D eigenvalue weighted by molar-refractivity contribution is 6.32. The normalized spacial score (nSPS) is 15.9. The molecule has 4 aromatic carbocycles. The molecule has 27 nitrogen and oxygen atoms in total. The number of methoxy groups -OCH3 is 2. The summed E-state index contributed by atoms with van der Waals surface area (Å²) in [5, 5.41) is 57.9. The first-order valence-electron chi connectivity index (χ1n) is 44.1. The molecule has 12 aromatic rings. The van der Waals surface area contributed by atoms with Crippen molar-refractivity contribution in [1.82, 2.24) is 86.2 Å². The standard InChI is InChI=1S/C25H32N6O.C24H28N6O2.C19H25N3.C13H13ClN2.C6H6Cl2N2.C6H5ClN2O2.C6H13N/c1-17-16-30(11-12-31(17)23-15-26-22(14-27-23)25(4,5)32)24-19(3)18(2)21(28-29-24)13-20-9-7-6-8-10-20;1-16-15-29(10-11-30(16)22-14-25-21(13-26-22)24(31)32-4)23-18(3)17(2)20(27-28-23)12-19-8-6-5-7-9-19;1-14-8-7-11-22(13-14)19-16(3)15(2)18(20-21-19)12-17-9-5-4-6-10-17;1-9-10(2)13(14)16-15-12(9)8-11-6-4-3-5-7-11;1-3-4(2)6(8)10-9-5(3)7;1-11-6(10)4-2-9-5(7)3-8-4;1-6-3-2-4-7-5-6/h6-10,14-15,17,32H,11-13,16H2,1-5H3;5-9,13-14,16H,10-12,15H2,1-4H3;4-6,9-10,14H,7-8,11-13H2,1-3H3;3-7H,8H2,1-2H3;1-2H3;2-3H,1H3;6-7H,2-5H2,1H3/t17-;16-;14-;;;;6-/m110...0/s1. The number of hydrogen-bond acceptors (Lipinski definition) is 27. The maximum absolute atomic E-state index is 11.6. The Morgan fingerprint density at radius 1 is 0.392 bits per heavy atom. The van der Waals surface area contributed by atoms with Crippen LogP contribution in [0, 0.1) is 81.1 Å². The summed E-state index contributed by atoms with van der Waals surface area (Å²) in [6.07, 6.45) is 17.7. The lowest BCUT2D eigenvalue weighted by molar-refractivity contribution is 0.0584. The van der Waals surface area contributed by atoms with E-state index in [9.17, 15) is 14.7 Å². The van der Waals surface area contributed by atoms with Crippen LogP contribution >= 0.6 is 46.4 Å². The van der Waals surface area contributed by atoms with Gasteiger partial charge in [0.05, 0.1) is 79.9 Å². The molecule has 4 atom stereocenters. The van der Waals surface area contributed by atoms with E-state index in [0.717, 1.165) is 164 Å². The van der Waals surface area contributed by atoms with Gasteiger partial charge in [0, 0.05) is 90.1 Å². The third-order valence-electron chi connectivity index (χ3n) is 23.9. The molecule has 4 saturated heterocycles. The lowest BCUT2D eigenvalue weighted by atomic mass is 9.99. The molecule has 0 amide bonds. The van der Waals surface area contributed by atoms with Crippen molar-refractivity contribution >= 4 is 87.4 Å². The summed E-state index contributed by atoms with van der Waals surface area (Å²) in [5.41, 5.74) is 20.4. The van der Waals surface area contributed by atoms with Gasteiger partial charge in [-0.1, -0.05) is 182 Å². The molecule has 130 heavy (non-hydrogen) atoms. The van der Waals surface area contributed by atoms with Crippen molar-refractivity contribution in [2.45, 2.75) is 180 Å². The van der Waals surface area contributed by atoms with Crippen molar-refractivity contribution in [3.63, 3.8) is 0 Å². The summed E-state index contributed by atoms with van der Waals surface area (Å²) < 4.78 is 9.09. The number of rotatable bonds is 16. The predicted molar refractivity (Wildman–Crippen MR) is 519 cm³/mol. The Morgan fingerprint density at radius 3 is 1.05 bits per heavy atom. The minimum Gasteiger partial charge on any atom is -0.464 e. The second kappa shape index (κ2) is 49.0. The highest BCUT2D eigenvalue weighted by atomic mass is 35.5. The summed E-state index contributed by atoms with van der Waals surface area (Å²) in [6.45, 7) is 42.6. The Morgan fingerprint density at radius 2 is 0.738 bits per heavy atom. The third kappa shape index (κ3) is 28.5. The molecule has 0 aliphatic carbocycles. The number of carbonyl (C=O) groups is 2. The van der Waals surface area contributed by atoms with Crippen LogP contribution in [-0.2, 0) is 40.8 Å².